The van der Waals surface area contributed by atoms with E-state index in [-0.39, 0.29) is 23.9 Å². The Hall–Kier alpha value is -1.14. The maximum Gasteiger partial charge on any atom is 0.573 e. The van der Waals surface area contributed by atoms with Gasteiger partial charge in [0.15, 0.2) is 0 Å². The van der Waals surface area contributed by atoms with Crippen LogP contribution in [0.25, 0.3) is 0 Å². The Morgan fingerprint density at radius 1 is 1.31 bits per heavy atom. The minimum atomic E-state index is -4.73. The fourth-order valence-electron chi connectivity index (χ4n) is 0.965. The minimum Gasteiger partial charge on any atom is -0.491 e. The van der Waals surface area contributed by atoms with Crippen molar-refractivity contribution in [3.8, 4) is 11.5 Å². The summed E-state index contributed by atoms with van der Waals surface area (Å²) in [4.78, 5) is 0. The summed E-state index contributed by atoms with van der Waals surface area (Å²) in [6.07, 6.45) is -4.73. The van der Waals surface area contributed by atoms with Gasteiger partial charge in [-0.25, -0.2) is 0 Å². The van der Waals surface area contributed by atoms with Crippen molar-refractivity contribution >= 4 is 11.6 Å². The first-order valence-electron chi connectivity index (χ1n) is 4.30. The van der Waals surface area contributed by atoms with Gasteiger partial charge in [0.2, 0.25) is 0 Å². The molecule has 1 aromatic rings. The molecular formula is C9H9ClF3NO2. The van der Waals surface area contributed by atoms with E-state index in [4.69, 9.17) is 22.1 Å². The Bertz CT molecular complexity index is 357. The van der Waals surface area contributed by atoms with E-state index in [0.717, 1.165) is 12.1 Å². The monoisotopic (exact) mass is 255 g/mol. The zero-order valence-electron chi connectivity index (χ0n) is 8.05. The molecule has 3 nitrogen and oxygen atoms in total. The van der Waals surface area contributed by atoms with E-state index in [1.54, 1.807) is 0 Å². The standard InChI is InChI=1S/C9H9ClF3NO2/c10-7-5-6(16-9(11,12)13)1-2-8(7)15-4-3-14/h1-2,5H,3-4,14H2. The van der Waals surface area contributed by atoms with Gasteiger partial charge in [-0.1, -0.05) is 11.6 Å². The topological polar surface area (TPSA) is 44.5 Å². The molecule has 0 saturated carbocycles. The molecule has 0 atom stereocenters. The van der Waals surface area contributed by atoms with Crippen LogP contribution in [-0.4, -0.2) is 19.5 Å². The Kier molecular flexibility index (Phi) is 4.26. The third kappa shape index (κ3) is 4.16. The molecule has 0 radical (unpaired) electrons. The second-order valence-electron chi connectivity index (χ2n) is 2.78. The van der Waals surface area contributed by atoms with Crippen molar-refractivity contribution in [2.45, 2.75) is 6.36 Å². The predicted octanol–water partition coefficient (Wildman–Crippen LogP) is 2.58. The van der Waals surface area contributed by atoms with Crippen LogP contribution in [0.5, 0.6) is 11.5 Å². The second kappa shape index (κ2) is 5.27. The lowest BCUT2D eigenvalue weighted by Crippen LogP contribution is -2.17. The van der Waals surface area contributed by atoms with Crippen molar-refractivity contribution in [1.29, 1.82) is 0 Å². The highest BCUT2D eigenvalue weighted by Crippen LogP contribution is 2.31. The molecule has 16 heavy (non-hydrogen) atoms. The van der Waals surface area contributed by atoms with E-state index in [9.17, 15) is 13.2 Å². The van der Waals surface area contributed by atoms with Gasteiger partial charge in [0.25, 0.3) is 0 Å². The maximum atomic E-state index is 11.9. The number of benzene rings is 1. The number of ether oxygens (including phenoxy) is 2. The number of rotatable bonds is 4. The summed E-state index contributed by atoms with van der Waals surface area (Å²) in [5.74, 6) is -0.126. The maximum absolute atomic E-state index is 11.9. The lowest BCUT2D eigenvalue weighted by Gasteiger charge is -2.11. The van der Waals surface area contributed by atoms with Gasteiger partial charge in [-0.05, 0) is 12.1 Å². The molecule has 0 unspecified atom stereocenters. The van der Waals surface area contributed by atoms with E-state index < -0.39 is 12.1 Å². The van der Waals surface area contributed by atoms with Crippen molar-refractivity contribution < 1.29 is 22.6 Å². The average molecular weight is 256 g/mol. The molecule has 0 aliphatic carbocycles. The van der Waals surface area contributed by atoms with Crippen LogP contribution in [0, 0.1) is 0 Å². The molecule has 90 valence electrons. The van der Waals surface area contributed by atoms with Crippen molar-refractivity contribution in [2.24, 2.45) is 5.73 Å². The molecule has 2 N–H and O–H groups in total. The van der Waals surface area contributed by atoms with Crippen LogP contribution < -0.4 is 15.2 Å². The van der Waals surface area contributed by atoms with Gasteiger partial charge in [-0.3, -0.25) is 0 Å². The third-order valence-electron chi connectivity index (χ3n) is 1.51. The molecule has 1 aromatic carbocycles. The smallest absolute Gasteiger partial charge is 0.491 e. The van der Waals surface area contributed by atoms with Crippen molar-refractivity contribution in [1.82, 2.24) is 0 Å². The predicted molar refractivity (Wildman–Crippen MR) is 52.7 cm³/mol. The van der Waals surface area contributed by atoms with Crippen molar-refractivity contribution in [3.63, 3.8) is 0 Å². The lowest BCUT2D eigenvalue weighted by atomic mass is 10.3. The van der Waals surface area contributed by atoms with Gasteiger partial charge >= 0.3 is 6.36 Å². The van der Waals surface area contributed by atoms with Crippen LogP contribution in [0.2, 0.25) is 5.02 Å². The zero-order valence-corrected chi connectivity index (χ0v) is 8.81. The van der Waals surface area contributed by atoms with E-state index in [2.05, 4.69) is 4.74 Å². The molecule has 0 bridgehead atoms. The quantitative estimate of drug-likeness (QED) is 0.899. The Morgan fingerprint density at radius 2 is 2.00 bits per heavy atom. The van der Waals surface area contributed by atoms with Crippen molar-refractivity contribution in [2.75, 3.05) is 13.2 Å². The Morgan fingerprint density at radius 3 is 2.50 bits per heavy atom. The largest absolute Gasteiger partial charge is 0.573 e. The summed E-state index contributed by atoms with van der Waals surface area (Å²) >= 11 is 5.68. The first-order valence-corrected chi connectivity index (χ1v) is 4.68. The summed E-state index contributed by atoms with van der Waals surface area (Å²) in [5.41, 5.74) is 5.20. The zero-order chi connectivity index (χ0) is 12.2. The molecule has 0 spiro atoms. The van der Waals surface area contributed by atoms with Crippen LogP contribution in [0.4, 0.5) is 13.2 Å². The first kappa shape index (κ1) is 12.9. The van der Waals surface area contributed by atoms with Crippen molar-refractivity contribution in [3.05, 3.63) is 23.2 Å². The van der Waals surface area contributed by atoms with Crippen LogP contribution >= 0.6 is 11.6 Å². The van der Waals surface area contributed by atoms with E-state index in [1.807, 2.05) is 0 Å². The lowest BCUT2D eigenvalue weighted by molar-refractivity contribution is -0.274. The molecular weight excluding hydrogens is 247 g/mol. The van der Waals surface area contributed by atoms with Gasteiger partial charge < -0.3 is 15.2 Å². The molecule has 0 fully saturated rings. The minimum absolute atomic E-state index is 0.0372. The van der Waals surface area contributed by atoms with Crippen LogP contribution in [-0.2, 0) is 0 Å². The average Bonchev–Trinajstić information content (AvgIpc) is 2.14. The van der Waals surface area contributed by atoms with Gasteiger partial charge in [0.1, 0.15) is 18.1 Å². The first-order chi connectivity index (χ1) is 7.42. The fourth-order valence-corrected chi connectivity index (χ4v) is 1.19. The van der Waals surface area contributed by atoms with Gasteiger partial charge in [0.05, 0.1) is 5.02 Å². The van der Waals surface area contributed by atoms with Gasteiger partial charge in [-0.2, -0.15) is 0 Å². The number of hydrogen-bond acceptors (Lipinski definition) is 3. The Balaban J connectivity index is 2.74. The summed E-state index contributed by atoms with van der Waals surface area (Å²) in [6.45, 7) is 0.524. The van der Waals surface area contributed by atoms with Crippen LogP contribution in [0.3, 0.4) is 0 Å². The number of nitrogens with two attached hydrogens (primary N) is 1. The SMILES string of the molecule is NCCOc1ccc(OC(F)(F)F)cc1Cl. The fraction of sp³-hybridized carbons (Fsp3) is 0.333. The normalized spacial score (nSPS) is 11.3. The summed E-state index contributed by atoms with van der Waals surface area (Å²) in [7, 11) is 0. The molecule has 0 aromatic heterocycles. The molecule has 1 rings (SSSR count). The Labute approximate surface area is 94.9 Å². The van der Waals surface area contributed by atoms with Gasteiger partial charge in [0, 0.05) is 12.6 Å². The number of alkyl halides is 3. The second-order valence-corrected chi connectivity index (χ2v) is 3.18. The van der Waals surface area contributed by atoms with E-state index in [0.29, 0.717) is 0 Å². The highest BCUT2D eigenvalue weighted by molar-refractivity contribution is 6.32. The van der Waals surface area contributed by atoms with Gasteiger partial charge in [-0.15, -0.1) is 13.2 Å². The highest BCUT2D eigenvalue weighted by Gasteiger charge is 2.31. The molecule has 0 aliphatic heterocycles. The summed E-state index contributed by atoms with van der Waals surface area (Å²) < 4.78 is 44.3. The summed E-state index contributed by atoms with van der Waals surface area (Å²) in [5, 5.41) is 0.0372. The van der Waals surface area contributed by atoms with Crippen LogP contribution in [0.1, 0.15) is 0 Å². The number of hydrogen-bond donors (Lipinski definition) is 1. The molecule has 0 heterocycles. The van der Waals surface area contributed by atoms with E-state index >= 15 is 0 Å². The third-order valence-corrected chi connectivity index (χ3v) is 1.81. The summed E-state index contributed by atoms with van der Waals surface area (Å²) in [6, 6.07) is 3.44. The van der Waals surface area contributed by atoms with E-state index in [1.165, 1.54) is 6.07 Å². The molecule has 0 aliphatic rings. The number of halogens is 4. The van der Waals surface area contributed by atoms with Crippen LogP contribution in [0.15, 0.2) is 18.2 Å². The molecule has 7 heteroatoms. The molecule has 0 amide bonds. The molecule has 0 saturated heterocycles. The highest BCUT2D eigenvalue weighted by atomic mass is 35.5.